The lowest BCUT2D eigenvalue weighted by Gasteiger charge is -2.60. The molecule has 1 heterocycles. The normalized spacial score (nSPS) is 27.1. The number of nitrogens with zero attached hydrogens (tertiary/aromatic N) is 4. The van der Waals surface area contributed by atoms with Gasteiger partial charge in [-0.1, -0.05) is 42.1 Å². The van der Waals surface area contributed by atoms with Crippen molar-refractivity contribution in [2.45, 2.75) is 55.8 Å². The number of carbonyl (C=O) groups is 1. The third-order valence-electron chi connectivity index (χ3n) is 8.01. The predicted molar refractivity (Wildman–Crippen MR) is 130 cm³/mol. The summed E-state index contributed by atoms with van der Waals surface area (Å²) < 4.78 is 15.5. The number of hydrogen-bond acceptors (Lipinski definition) is 4. The fourth-order valence-corrected chi connectivity index (χ4v) is 7.79. The summed E-state index contributed by atoms with van der Waals surface area (Å²) in [4.78, 5) is 16.0. The number of halogens is 1. The quantitative estimate of drug-likeness (QED) is 0.423. The van der Waals surface area contributed by atoms with Crippen LogP contribution in [0.15, 0.2) is 66.1 Å². The Morgan fingerprint density at radius 2 is 1.65 bits per heavy atom. The second kappa shape index (κ2) is 8.84. The molecular formula is C27H29FN4OS. The first-order chi connectivity index (χ1) is 16.6. The molecular weight excluding hydrogens is 447 g/mol. The molecule has 7 rings (SSSR count). The number of hydrogen-bond donors (Lipinski definition) is 0. The van der Waals surface area contributed by atoms with Gasteiger partial charge in [0.25, 0.3) is 0 Å². The van der Waals surface area contributed by atoms with Crippen LogP contribution in [0.5, 0.6) is 0 Å². The summed E-state index contributed by atoms with van der Waals surface area (Å²) in [5.41, 5.74) is 1.91. The summed E-state index contributed by atoms with van der Waals surface area (Å²) >= 11 is 1.44. The Balaban J connectivity index is 1.25. The van der Waals surface area contributed by atoms with Crippen LogP contribution in [0.3, 0.4) is 0 Å². The summed E-state index contributed by atoms with van der Waals surface area (Å²) in [7, 11) is 0. The van der Waals surface area contributed by atoms with E-state index in [-0.39, 0.29) is 17.3 Å². The molecule has 4 aliphatic rings. The van der Waals surface area contributed by atoms with Crippen LogP contribution in [0.1, 0.15) is 44.1 Å². The third kappa shape index (κ3) is 4.15. The Hall–Kier alpha value is -2.67. The van der Waals surface area contributed by atoms with Crippen LogP contribution >= 0.6 is 11.8 Å². The van der Waals surface area contributed by atoms with E-state index in [4.69, 9.17) is 0 Å². The first-order valence-electron chi connectivity index (χ1n) is 12.2. The average molecular weight is 477 g/mol. The molecule has 0 aliphatic heterocycles. The number of para-hydroxylation sites is 1. The number of carbonyl (C=O) groups excluding carboxylic acids is 1. The maximum Gasteiger partial charge on any atom is 0.233 e. The number of aromatic nitrogens is 3. The fraction of sp³-hybridized carbons (Fsp3) is 0.444. The third-order valence-corrected chi connectivity index (χ3v) is 8.94. The summed E-state index contributed by atoms with van der Waals surface area (Å²) in [5.74, 6) is 2.43. The molecule has 1 aromatic heterocycles. The zero-order valence-electron chi connectivity index (χ0n) is 19.1. The van der Waals surface area contributed by atoms with E-state index in [0.717, 1.165) is 48.3 Å². The SMILES string of the molecule is O=C(CSc1nncn1-c1ccccc1)N(Cc1ccc(F)cc1)C12CC3CC(CC(C3)C1)C2. The lowest BCUT2D eigenvalue weighted by atomic mass is 9.52. The first kappa shape index (κ1) is 21.8. The molecule has 0 radical (unpaired) electrons. The van der Waals surface area contributed by atoms with Gasteiger partial charge >= 0.3 is 0 Å². The lowest BCUT2D eigenvalue weighted by molar-refractivity contribution is -0.149. The summed E-state index contributed by atoms with van der Waals surface area (Å²) in [6, 6.07) is 16.6. The van der Waals surface area contributed by atoms with Crippen LogP contribution < -0.4 is 0 Å². The van der Waals surface area contributed by atoms with Gasteiger partial charge in [-0.2, -0.15) is 0 Å². The molecule has 4 fully saturated rings. The molecule has 0 unspecified atom stereocenters. The summed E-state index contributed by atoms with van der Waals surface area (Å²) in [6.07, 6.45) is 8.99. The van der Waals surface area contributed by atoms with Crippen LogP contribution in [-0.2, 0) is 11.3 Å². The largest absolute Gasteiger partial charge is 0.332 e. The van der Waals surface area contributed by atoms with Crippen LogP contribution in [0.2, 0.25) is 0 Å². The Morgan fingerprint density at radius 3 is 2.29 bits per heavy atom. The van der Waals surface area contributed by atoms with E-state index in [2.05, 4.69) is 15.1 Å². The van der Waals surface area contributed by atoms with Crippen molar-refractivity contribution in [2.24, 2.45) is 17.8 Å². The lowest BCUT2D eigenvalue weighted by Crippen LogP contribution is -2.61. The van der Waals surface area contributed by atoms with E-state index in [0.29, 0.717) is 17.5 Å². The Labute approximate surface area is 203 Å². The maximum absolute atomic E-state index is 13.8. The molecule has 0 saturated heterocycles. The Bertz CT molecular complexity index is 1130. The van der Waals surface area contributed by atoms with E-state index in [1.54, 1.807) is 6.33 Å². The standard InChI is InChI=1S/C27H29FN4OS/c28-23-8-6-19(7-9-23)16-32(27-13-20-10-21(14-27)12-22(11-20)15-27)25(33)17-34-26-30-29-18-31(26)24-4-2-1-3-5-24/h1-9,18,20-22H,10-17H2. The number of thioether (sulfide) groups is 1. The maximum atomic E-state index is 13.8. The highest BCUT2D eigenvalue weighted by molar-refractivity contribution is 7.99. The molecule has 176 valence electrons. The predicted octanol–water partition coefficient (Wildman–Crippen LogP) is 5.50. The minimum atomic E-state index is -0.243. The van der Waals surface area contributed by atoms with Crippen LogP contribution in [-0.4, -0.2) is 36.9 Å². The van der Waals surface area contributed by atoms with Gasteiger partial charge in [0, 0.05) is 17.8 Å². The van der Waals surface area contributed by atoms with Gasteiger partial charge in [-0.05, 0) is 86.1 Å². The highest BCUT2D eigenvalue weighted by Crippen LogP contribution is 2.58. The van der Waals surface area contributed by atoms with E-state index >= 15 is 0 Å². The second-order valence-corrected chi connectivity index (χ2v) is 11.3. The van der Waals surface area contributed by atoms with Gasteiger partial charge in [-0.25, -0.2) is 4.39 Å². The zero-order valence-corrected chi connectivity index (χ0v) is 20.0. The van der Waals surface area contributed by atoms with Gasteiger partial charge in [0.2, 0.25) is 5.91 Å². The second-order valence-electron chi connectivity index (χ2n) is 10.4. The van der Waals surface area contributed by atoms with Gasteiger partial charge < -0.3 is 4.90 Å². The molecule has 4 bridgehead atoms. The first-order valence-corrected chi connectivity index (χ1v) is 13.2. The van der Waals surface area contributed by atoms with E-state index < -0.39 is 0 Å². The van der Waals surface area contributed by atoms with Crippen LogP contribution in [0.25, 0.3) is 5.69 Å². The average Bonchev–Trinajstić information content (AvgIpc) is 3.30. The number of benzene rings is 2. The molecule has 0 atom stereocenters. The fourth-order valence-electron chi connectivity index (χ4n) is 6.98. The number of amides is 1. The molecule has 4 aliphatic carbocycles. The molecule has 1 amide bonds. The summed E-state index contributed by atoms with van der Waals surface area (Å²) in [6.45, 7) is 0.539. The highest BCUT2D eigenvalue weighted by Gasteiger charge is 2.54. The van der Waals surface area contributed by atoms with Crippen molar-refractivity contribution in [3.63, 3.8) is 0 Å². The summed E-state index contributed by atoms with van der Waals surface area (Å²) in [5, 5.41) is 9.07. The molecule has 4 saturated carbocycles. The van der Waals surface area contributed by atoms with Crippen molar-refractivity contribution in [3.05, 3.63) is 72.3 Å². The van der Waals surface area contributed by atoms with Crippen molar-refractivity contribution >= 4 is 17.7 Å². The van der Waals surface area contributed by atoms with Crippen molar-refractivity contribution < 1.29 is 9.18 Å². The van der Waals surface area contributed by atoms with E-state index in [1.165, 1.54) is 43.2 Å². The van der Waals surface area contributed by atoms with Gasteiger partial charge in [-0.15, -0.1) is 10.2 Å². The Morgan fingerprint density at radius 1 is 1.00 bits per heavy atom. The highest BCUT2D eigenvalue weighted by atomic mass is 32.2. The zero-order chi connectivity index (χ0) is 23.1. The monoisotopic (exact) mass is 476 g/mol. The van der Waals surface area contributed by atoms with Crippen LogP contribution in [0.4, 0.5) is 4.39 Å². The minimum Gasteiger partial charge on any atom is -0.332 e. The van der Waals surface area contributed by atoms with Crippen molar-refractivity contribution in [2.75, 3.05) is 5.75 Å². The number of rotatable bonds is 7. The van der Waals surface area contributed by atoms with Crippen LogP contribution in [0, 0.1) is 23.6 Å². The molecule has 34 heavy (non-hydrogen) atoms. The van der Waals surface area contributed by atoms with E-state index in [9.17, 15) is 9.18 Å². The molecule has 0 N–H and O–H groups in total. The smallest absolute Gasteiger partial charge is 0.233 e. The molecule has 0 spiro atoms. The van der Waals surface area contributed by atoms with Gasteiger partial charge in [0.15, 0.2) is 5.16 Å². The van der Waals surface area contributed by atoms with Crippen molar-refractivity contribution in [1.82, 2.24) is 19.7 Å². The van der Waals surface area contributed by atoms with Crippen molar-refractivity contribution in [3.8, 4) is 5.69 Å². The molecule has 3 aromatic rings. The Kier molecular flexibility index (Phi) is 5.68. The molecule has 5 nitrogen and oxygen atoms in total. The van der Waals surface area contributed by atoms with Gasteiger partial charge in [0.1, 0.15) is 12.1 Å². The topological polar surface area (TPSA) is 51.0 Å². The molecule has 2 aromatic carbocycles. The minimum absolute atomic E-state index is 0.0616. The van der Waals surface area contributed by atoms with E-state index in [1.807, 2.05) is 47.0 Å². The van der Waals surface area contributed by atoms with Gasteiger partial charge in [0.05, 0.1) is 5.75 Å². The molecule has 7 heteroatoms. The van der Waals surface area contributed by atoms with Gasteiger partial charge in [-0.3, -0.25) is 9.36 Å². The van der Waals surface area contributed by atoms with Crippen molar-refractivity contribution in [1.29, 1.82) is 0 Å².